The summed E-state index contributed by atoms with van der Waals surface area (Å²) in [5.41, 5.74) is 4.14. The van der Waals surface area contributed by atoms with Gasteiger partial charge in [-0.3, -0.25) is 9.59 Å². The second kappa shape index (κ2) is 10.1. The van der Waals surface area contributed by atoms with Crippen molar-refractivity contribution in [2.45, 2.75) is 45.4 Å². The van der Waals surface area contributed by atoms with E-state index in [1.54, 1.807) is 16.3 Å². The number of hydrogen-bond acceptors (Lipinski definition) is 5. The molecule has 0 bridgehead atoms. The van der Waals surface area contributed by atoms with Gasteiger partial charge in [0.2, 0.25) is 15.9 Å². The van der Waals surface area contributed by atoms with E-state index in [2.05, 4.69) is 5.32 Å². The number of thiophene rings is 1. The van der Waals surface area contributed by atoms with Crippen molar-refractivity contribution in [3.05, 3.63) is 50.7 Å². The van der Waals surface area contributed by atoms with E-state index in [0.29, 0.717) is 42.9 Å². The normalized spacial score (nSPS) is 15.1. The van der Waals surface area contributed by atoms with Crippen molar-refractivity contribution in [2.75, 3.05) is 32.7 Å². The molecular weight excluding hydrogens is 446 g/mol. The number of hydrogen-bond donors (Lipinski definition) is 1. The lowest BCUT2D eigenvalue weighted by molar-refractivity contribution is -0.132. The Morgan fingerprint density at radius 3 is 2.22 bits per heavy atom. The van der Waals surface area contributed by atoms with E-state index in [1.165, 1.54) is 15.6 Å². The number of carbonyl (C=O) groups is 2. The summed E-state index contributed by atoms with van der Waals surface area (Å²) in [5.74, 6) is -0.139. The number of aryl methyl sites for hydroxylation is 2. The molecule has 1 aromatic carbocycles. The Morgan fingerprint density at radius 1 is 1.03 bits per heavy atom. The molecule has 1 fully saturated rings. The molecule has 32 heavy (non-hydrogen) atoms. The second-order valence-electron chi connectivity index (χ2n) is 8.25. The molecule has 0 aliphatic carbocycles. The van der Waals surface area contributed by atoms with Crippen LogP contribution in [0, 0.1) is 27.7 Å². The first kappa shape index (κ1) is 24.4. The average Bonchev–Trinajstić information content (AvgIpc) is 3.30. The van der Waals surface area contributed by atoms with Gasteiger partial charge >= 0.3 is 0 Å². The molecule has 3 rings (SSSR count). The lowest BCUT2D eigenvalue weighted by atomic mass is 10.0. The van der Waals surface area contributed by atoms with Crippen molar-refractivity contribution in [1.29, 1.82) is 0 Å². The van der Waals surface area contributed by atoms with Crippen molar-refractivity contribution in [3.63, 3.8) is 0 Å². The van der Waals surface area contributed by atoms with Gasteiger partial charge in [-0.05, 0) is 67.8 Å². The molecule has 174 valence electrons. The molecule has 0 radical (unpaired) electrons. The number of nitrogens with zero attached hydrogens (tertiary/aromatic N) is 2. The Labute approximate surface area is 194 Å². The van der Waals surface area contributed by atoms with Gasteiger partial charge in [-0.1, -0.05) is 6.07 Å². The number of amides is 2. The number of carbonyl (C=O) groups excluding carboxylic acids is 2. The molecule has 7 nitrogen and oxygen atoms in total. The topological polar surface area (TPSA) is 86.8 Å². The smallest absolute Gasteiger partial charge is 0.252 e. The lowest BCUT2D eigenvalue weighted by Crippen LogP contribution is -2.50. The van der Waals surface area contributed by atoms with Crippen LogP contribution in [0.4, 0.5) is 0 Å². The first-order valence-corrected chi connectivity index (χ1v) is 13.2. The molecule has 0 atom stereocenters. The van der Waals surface area contributed by atoms with Crippen LogP contribution < -0.4 is 5.32 Å². The van der Waals surface area contributed by atoms with Crippen molar-refractivity contribution in [1.82, 2.24) is 14.5 Å². The molecule has 2 heterocycles. The maximum atomic E-state index is 13.4. The zero-order chi connectivity index (χ0) is 23.5. The molecule has 1 N–H and O–H groups in total. The van der Waals surface area contributed by atoms with Crippen LogP contribution in [-0.2, 0) is 14.8 Å². The third-order valence-electron chi connectivity index (χ3n) is 6.12. The van der Waals surface area contributed by atoms with Crippen molar-refractivity contribution in [3.8, 4) is 0 Å². The maximum absolute atomic E-state index is 13.4. The molecule has 2 amide bonds. The number of rotatable bonds is 7. The first-order valence-electron chi connectivity index (χ1n) is 10.8. The summed E-state index contributed by atoms with van der Waals surface area (Å²) >= 11 is 1.47. The minimum atomic E-state index is -3.62. The summed E-state index contributed by atoms with van der Waals surface area (Å²) < 4.78 is 28.2. The maximum Gasteiger partial charge on any atom is 0.252 e. The standard InChI is InChI=1S/C23H31N3O4S2/c1-16-14-17(2)19(4)22(18(16)3)32(29,30)26-11-9-25(10-12-26)21(27)6-5-8-24-23(28)20-7-13-31-15-20/h7,13-15H,5-6,8-12H2,1-4H3,(H,24,28). The van der Waals surface area contributed by atoms with Gasteiger partial charge in [0.05, 0.1) is 4.90 Å². The summed E-state index contributed by atoms with van der Waals surface area (Å²) in [6.45, 7) is 9.33. The molecule has 1 aromatic heterocycles. The van der Waals surface area contributed by atoms with Crippen LogP contribution in [-0.4, -0.2) is 62.2 Å². The zero-order valence-electron chi connectivity index (χ0n) is 19.1. The van der Waals surface area contributed by atoms with Crippen LogP contribution in [0.25, 0.3) is 0 Å². The lowest BCUT2D eigenvalue weighted by Gasteiger charge is -2.35. The summed E-state index contributed by atoms with van der Waals surface area (Å²) in [7, 11) is -3.62. The van der Waals surface area contributed by atoms with E-state index in [1.807, 2.05) is 39.1 Å². The minimum Gasteiger partial charge on any atom is -0.352 e. The highest BCUT2D eigenvalue weighted by Gasteiger charge is 2.32. The highest BCUT2D eigenvalue weighted by molar-refractivity contribution is 7.89. The van der Waals surface area contributed by atoms with E-state index in [0.717, 1.165) is 22.3 Å². The van der Waals surface area contributed by atoms with Gasteiger partial charge < -0.3 is 10.2 Å². The van der Waals surface area contributed by atoms with Gasteiger partial charge in [0.15, 0.2) is 0 Å². The minimum absolute atomic E-state index is 0.00871. The van der Waals surface area contributed by atoms with Gasteiger partial charge in [-0.15, -0.1) is 0 Å². The third-order valence-corrected chi connectivity index (χ3v) is 8.98. The number of sulfonamides is 1. The Hall–Kier alpha value is -2.23. The van der Waals surface area contributed by atoms with Crippen LogP contribution in [0.5, 0.6) is 0 Å². The van der Waals surface area contributed by atoms with Crippen LogP contribution >= 0.6 is 11.3 Å². The molecule has 2 aromatic rings. The Kier molecular flexibility index (Phi) is 7.74. The van der Waals surface area contributed by atoms with E-state index >= 15 is 0 Å². The number of nitrogens with one attached hydrogen (secondary N) is 1. The predicted octanol–water partition coefficient (Wildman–Crippen LogP) is 3.02. The Balaban J connectivity index is 1.52. The fraction of sp³-hybridized carbons (Fsp3) is 0.478. The van der Waals surface area contributed by atoms with Gasteiger partial charge in [0, 0.05) is 50.1 Å². The van der Waals surface area contributed by atoms with Gasteiger partial charge in [0.1, 0.15) is 0 Å². The van der Waals surface area contributed by atoms with Crippen LogP contribution in [0.2, 0.25) is 0 Å². The molecule has 1 aliphatic heterocycles. The van der Waals surface area contributed by atoms with Gasteiger partial charge in [-0.25, -0.2) is 8.42 Å². The van der Waals surface area contributed by atoms with E-state index in [-0.39, 0.29) is 24.9 Å². The Morgan fingerprint density at radius 2 is 1.66 bits per heavy atom. The van der Waals surface area contributed by atoms with E-state index in [9.17, 15) is 18.0 Å². The zero-order valence-corrected chi connectivity index (χ0v) is 20.7. The number of piperazine rings is 1. The third kappa shape index (κ3) is 5.22. The predicted molar refractivity (Wildman–Crippen MR) is 127 cm³/mol. The van der Waals surface area contributed by atoms with Crippen molar-refractivity contribution >= 4 is 33.2 Å². The summed E-state index contributed by atoms with van der Waals surface area (Å²) in [5, 5.41) is 6.45. The molecule has 1 aliphatic rings. The second-order valence-corrected chi connectivity index (χ2v) is 10.9. The summed E-state index contributed by atoms with van der Waals surface area (Å²) in [4.78, 5) is 26.6. The summed E-state index contributed by atoms with van der Waals surface area (Å²) in [6, 6.07) is 3.78. The fourth-order valence-corrected chi connectivity index (χ4v) is 6.60. The van der Waals surface area contributed by atoms with Crippen LogP contribution in [0.3, 0.4) is 0 Å². The van der Waals surface area contributed by atoms with E-state index < -0.39 is 10.0 Å². The summed E-state index contributed by atoms with van der Waals surface area (Å²) in [6.07, 6.45) is 0.875. The van der Waals surface area contributed by atoms with Crippen molar-refractivity contribution < 1.29 is 18.0 Å². The molecule has 0 saturated carbocycles. The highest BCUT2D eigenvalue weighted by Crippen LogP contribution is 2.29. The number of benzene rings is 1. The Bertz CT molecular complexity index is 1060. The fourth-order valence-electron chi connectivity index (χ4n) is 3.97. The quantitative estimate of drug-likeness (QED) is 0.621. The van der Waals surface area contributed by atoms with Gasteiger partial charge in [-0.2, -0.15) is 15.6 Å². The van der Waals surface area contributed by atoms with E-state index in [4.69, 9.17) is 0 Å². The monoisotopic (exact) mass is 477 g/mol. The highest BCUT2D eigenvalue weighted by atomic mass is 32.2. The molecular formula is C23H31N3O4S2. The van der Waals surface area contributed by atoms with Crippen molar-refractivity contribution in [2.24, 2.45) is 0 Å². The molecule has 0 unspecified atom stereocenters. The molecule has 1 saturated heterocycles. The first-order chi connectivity index (χ1) is 15.1. The molecule has 9 heteroatoms. The molecule has 0 spiro atoms. The SMILES string of the molecule is Cc1cc(C)c(C)c(S(=O)(=O)N2CCN(C(=O)CCCNC(=O)c3ccsc3)CC2)c1C. The van der Waals surface area contributed by atoms with Crippen LogP contribution in [0.1, 0.15) is 45.5 Å². The van der Waals surface area contributed by atoms with Crippen LogP contribution in [0.15, 0.2) is 27.8 Å². The average molecular weight is 478 g/mol. The van der Waals surface area contributed by atoms with Gasteiger partial charge in [0.25, 0.3) is 5.91 Å². The largest absolute Gasteiger partial charge is 0.352 e.